The number of rotatable bonds is 7. The first-order valence-electron chi connectivity index (χ1n) is 11.1. The zero-order valence-electron chi connectivity index (χ0n) is 17.9. The second kappa shape index (κ2) is 9.28. The maximum atomic E-state index is 12.7. The Balaban J connectivity index is 1.25. The Labute approximate surface area is 187 Å². The highest BCUT2D eigenvalue weighted by molar-refractivity contribution is 5.94. The summed E-state index contributed by atoms with van der Waals surface area (Å²) in [5, 5.41) is 11.8. The summed E-state index contributed by atoms with van der Waals surface area (Å²) in [6.45, 7) is 3.45. The standard InChI is InChI=1S/C25H26N6O/c32-25(27-14-11-22-8-4-5-13-26-22)21-9-10-23-28-29-24(31(23)18-21)20-12-15-30(17-20)16-19-6-2-1-3-7-19/h1-10,13,18,20H,11-12,14-17H2,(H,27,32). The first kappa shape index (κ1) is 20.3. The molecule has 0 saturated carbocycles. The number of nitrogens with one attached hydrogen (secondary N) is 1. The topological polar surface area (TPSA) is 75.4 Å². The minimum atomic E-state index is -0.0976. The van der Waals surface area contributed by atoms with Gasteiger partial charge in [0.15, 0.2) is 5.65 Å². The Morgan fingerprint density at radius 2 is 1.91 bits per heavy atom. The smallest absolute Gasteiger partial charge is 0.252 e. The summed E-state index contributed by atoms with van der Waals surface area (Å²) < 4.78 is 1.98. The highest BCUT2D eigenvalue weighted by Crippen LogP contribution is 2.27. The second-order valence-electron chi connectivity index (χ2n) is 8.24. The fourth-order valence-electron chi connectivity index (χ4n) is 4.30. The fraction of sp³-hybridized carbons (Fsp3) is 0.280. The predicted molar refractivity (Wildman–Crippen MR) is 122 cm³/mol. The Kier molecular flexibility index (Phi) is 5.89. The molecule has 0 aliphatic carbocycles. The van der Waals surface area contributed by atoms with Gasteiger partial charge in [-0.3, -0.25) is 19.1 Å². The lowest BCUT2D eigenvalue weighted by molar-refractivity contribution is 0.0953. The molecule has 1 aliphatic heterocycles. The van der Waals surface area contributed by atoms with Gasteiger partial charge in [0.25, 0.3) is 5.91 Å². The number of benzene rings is 1. The number of aromatic nitrogens is 4. The lowest BCUT2D eigenvalue weighted by Crippen LogP contribution is -2.26. The van der Waals surface area contributed by atoms with Crippen molar-refractivity contribution < 1.29 is 4.79 Å². The van der Waals surface area contributed by atoms with Gasteiger partial charge in [-0.15, -0.1) is 10.2 Å². The Morgan fingerprint density at radius 1 is 1.03 bits per heavy atom. The zero-order valence-corrected chi connectivity index (χ0v) is 17.9. The van der Waals surface area contributed by atoms with E-state index in [2.05, 4.69) is 49.7 Å². The number of carbonyl (C=O) groups excluding carboxylic acids is 1. The van der Waals surface area contributed by atoms with Crippen molar-refractivity contribution >= 4 is 11.6 Å². The minimum Gasteiger partial charge on any atom is -0.352 e. The number of carbonyl (C=O) groups is 1. The first-order valence-corrected chi connectivity index (χ1v) is 11.1. The lowest BCUT2D eigenvalue weighted by Gasteiger charge is -2.15. The molecule has 0 spiro atoms. The van der Waals surface area contributed by atoms with Gasteiger partial charge >= 0.3 is 0 Å². The molecule has 4 heterocycles. The maximum Gasteiger partial charge on any atom is 0.252 e. The maximum absolute atomic E-state index is 12.7. The molecule has 0 radical (unpaired) electrons. The van der Waals surface area contributed by atoms with E-state index in [1.807, 2.05) is 40.9 Å². The van der Waals surface area contributed by atoms with Crippen molar-refractivity contribution in [3.8, 4) is 0 Å². The number of hydrogen-bond acceptors (Lipinski definition) is 5. The molecule has 1 atom stereocenters. The molecule has 3 aromatic heterocycles. The van der Waals surface area contributed by atoms with Gasteiger partial charge in [0.05, 0.1) is 5.56 Å². The fourth-order valence-corrected chi connectivity index (χ4v) is 4.30. The number of hydrogen-bond donors (Lipinski definition) is 1. The van der Waals surface area contributed by atoms with Gasteiger partial charge in [0.1, 0.15) is 5.82 Å². The van der Waals surface area contributed by atoms with Crippen LogP contribution < -0.4 is 5.32 Å². The van der Waals surface area contributed by atoms with Crippen molar-refractivity contribution in [3.63, 3.8) is 0 Å². The average Bonchev–Trinajstić information content (AvgIpc) is 3.46. The quantitative estimate of drug-likeness (QED) is 0.492. The van der Waals surface area contributed by atoms with E-state index in [1.165, 1.54) is 5.56 Å². The van der Waals surface area contributed by atoms with E-state index >= 15 is 0 Å². The largest absolute Gasteiger partial charge is 0.352 e. The van der Waals surface area contributed by atoms with E-state index in [9.17, 15) is 4.79 Å². The number of fused-ring (bicyclic) bond motifs is 1. The minimum absolute atomic E-state index is 0.0976. The molecule has 0 bridgehead atoms. The third kappa shape index (κ3) is 4.53. The summed E-state index contributed by atoms with van der Waals surface area (Å²) in [6, 6.07) is 20.0. The molecular weight excluding hydrogens is 400 g/mol. The van der Waals surface area contributed by atoms with Crippen LogP contribution in [0, 0.1) is 0 Å². The van der Waals surface area contributed by atoms with Crippen molar-refractivity contribution in [1.82, 2.24) is 29.8 Å². The lowest BCUT2D eigenvalue weighted by atomic mass is 10.1. The monoisotopic (exact) mass is 426 g/mol. The highest BCUT2D eigenvalue weighted by atomic mass is 16.1. The van der Waals surface area contributed by atoms with Crippen molar-refractivity contribution in [1.29, 1.82) is 0 Å². The molecule has 1 N–H and O–H groups in total. The van der Waals surface area contributed by atoms with Crippen LogP contribution in [0.1, 0.15) is 39.8 Å². The summed E-state index contributed by atoms with van der Waals surface area (Å²) in [6.07, 6.45) is 5.36. The molecule has 1 aliphatic rings. The van der Waals surface area contributed by atoms with Crippen LogP contribution >= 0.6 is 0 Å². The van der Waals surface area contributed by atoms with E-state index in [0.29, 0.717) is 24.4 Å². The molecule has 1 fully saturated rings. The third-order valence-corrected chi connectivity index (χ3v) is 5.97. The SMILES string of the molecule is O=C(NCCc1ccccn1)c1ccc2nnc(C3CCN(Cc4ccccc4)C3)n2c1. The van der Waals surface area contributed by atoms with Gasteiger partial charge in [-0.1, -0.05) is 36.4 Å². The van der Waals surface area contributed by atoms with Crippen LogP contribution in [-0.4, -0.2) is 50.0 Å². The van der Waals surface area contributed by atoms with E-state index < -0.39 is 0 Å². The predicted octanol–water partition coefficient (Wildman–Crippen LogP) is 3.09. The van der Waals surface area contributed by atoms with Crippen LogP contribution in [0.2, 0.25) is 0 Å². The van der Waals surface area contributed by atoms with Crippen LogP contribution in [0.25, 0.3) is 5.65 Å². The molecule has 1 amide bonds. The van der Waals surface area contributed by atoms with Crippen LogP contribution in [0.4, 0.5) is 0 Å². The summed E-state index contributed by atoms with van der Waals surface area (Å²) in [5.74, 6) is 1.13. The molecule has 1 unspecified atom stereocenters. The summed E-state index contributed by atoms with van der Waals surface area (Å²) >= 11 is 0. The first-order chi connectivity index (χ1) is 15.8. The zero-order chi connectivity index (χ0) is 21.8. The molecule has 7 heteroatoms. The Bertz CT molecular complexity index is 1190. The third-order valence-electron chi connectivity index (χ3n) is 5.97. The average molecular weight is 427 g/mol. The summed E-state index contributed by atoms with van der Waals surface area (Å²) in [7, 11) is 0. The normalized spacial score (nSPS) is 16.4. The number of pyridine rings is 2. The highest BCUT2D eigenvalue weighted by Gasteiger charge is 2.27. The van der Waals surface area contributed by atoms with E-state index in [0.717, 1.165) is 43.2 Å². The van der Waals surface area contributed by atoms with Gasteiger partial charge in [0.2, 0.25) is 0 Å². The number of likely N-dealkylation sites (tertiary alicyclic amines) is 1. The number of amides is 1. The van der Waals surface area contributed by atoms with Gasteiger partial charge < -0.3 is 5.32 Å². The Morgan fingerprint density at radius 3 is 2.75 bits per heavy atom. The van der Waals surface area contributed by atoms with Crippen LogP contribution in [0.15, 0.2) is 73.1 Å². The van der Waals surface area contributed by atoms with Gasteiger partial charge in [-0.25, -0.2) is 0 Å². The summed E-state index contributed by atoms with van der Waals surface area (Å²) in [4.78, 5) is 19.4. The van der Waals surface area contributed by atoms with Crippen molar-refractivity contribution in [2.45, 2.75) is 25.3 Å². The van der Waals surface area contributed by atoms with Gasteiger partial charge in [-0.2, -0.15) is 0 Å². The molecule has 162 valence electrons. The number of nitrogens with zero attached hydrogens (tertiary/aromatic N) is 5. The van der Waals surface area contributed by atoms with Crippen LogP contribution in [0.5, 0.6) is 0 Å². The molecule has 5 rings (SSSR count). The van der Waals surface area contributed by atoms with Gasteiger partial charge in [-0.05, 0) is 42.8 Å². The molecular formula is C25H26N6O. The van der Waals surface area contributed by atoms with Crippen LogP contribution in [0.3, 0.4) is 0 Å². The molecule has 4 aromatic rings. The van der Waals surface area contributed by atoms with E-state index in [4.69, 9.17) is 0 Å². The molecule has 32 heavy (non-hydrogen) atoms. The second-order valence-corrected chi connectivity index (χ2v) is 8.24. The van der Waals surface area contributed by atoms with Crippen molar-refractivity contribution in [2.75, 3.05) is 19.6 Å². The summed E-state index contributed by atoms with van der Waals surface area (Å²) in [5.41, 5.74) is 3.67. The van der Waals surface area contributed by atoms with E-state index in [1.54, 1.807) is 12.3 Å². The van der Waals surface area contributed by atoms with Crippen LogP contribution in [-0.2, 0) is 13.0 Å². The molecule has 1 saturated heterocycles. The molecule has 1 aromatic carbocycles. The van der Waals surface area contributed by atoms with E-state index in [-0.39, 0.29) is 5.91 Å². The Hall–Kier alpha value is -3.58. The van der Waals surface area contributed by atoms with Gasteiger partial charge in [0, 0.05) is 50.1 Å². The van der Waals surface area contributed by atoms with Crippen molar-refractivity contribution in [3.05, 3.63) is 95.7 Å². The van der Waals surface area contributed by atoms with Crippen molar-refractivity contribution in [2.24, 2.45) is 0 Å². The molecule has 7 nitrogen and oxygen atoms in total.